The average molecular weight is 866 g/mol. The number of hydrogen-bond donors (Lipinski definition) is 1. The predicted octanol–water partition coefficient (Wildman–Crippen LogP) is 5.30. The molecule has 0 unspecified atom stereocenters. The molecule has 0 spiro atoms. The Bertz CT molecular complexity index is 2000. The van der Waals surface area contributed by atoms with Crippen LogP contribution in [0.3, 0.4) is 0 Å². The average Bonchev–Trinajstić information content (AvgIpc) is 3.35. The van der Waals surface area contributed by atoms with E-state index in [0.717, 1.165) is 18.3 Å². The maximum atomic E-state index is 14.0. The summed E-state index contributed by atoms with van der Waals surface area (Å²) >= 11 is 5.61. The normalized spacial score (nSPS) is 14.2. The number of benzene rings is 3. The van der Waals surface area contributed by atoms with Crippen molar-refractivity contribution < 1.29 is 33.6 Å². The Labute approximate surface area is 295 Å². The topological polar surface area (TPSA) is 126 Å². The van der Waals surface area contributed by atoms with E-state index in [1.807, 2.05) is 32.0 Å². The van der Waals surface area contributed by atoms with Crippen LogP contribution < -0.4 is 29.1 Å². The van der Waals surface area contributed by atoms with Crippen LogP contribution in [0, 0.1) is 7.14 Å². The van der Waals surface area contributed by atoms with Crippen LogP contribution in [0.1, 0.15) is 46.9 Å². The SMILES string of the molecule is CCOc1ccc([C@H]2C(C(=O)OC)=CN=c3s/c(=C\c4cc(I)c(OCc5ccc(C(=O)O)cc5)c(I)c4)c(=O)n32)cc1OCC. The van der Waals surface area contributed by atoms with E-state index in [1.165, 1.54) is 29.2 Å². The van der Waals surface area contributed by atoms with Crippen LogP contribution in [0.2, 0.25) is 0 Å². The monoisotopic (exact) mass is 866 g/mol. The second kappa shape index (κ2) is 14.8. The van der Waals surface area contributed by atoms with E-state index >= 15 is 0 Å². The molecule has 238 valence electrons. The zero-order valence-corrected chi connectivity index (χ0v) is 30.0. The Morgan fingerprint density at radius 3 is 2.28 bits per heavy atom. The number of esters is 1. The first-order chi connectivity index (χ1) is 22.1. The second-order valence-electron chi connectivity index (χ2n) is 9.85. The molecule has 0 radical (unpaired) electrons. The Morgan fingerprint density at radius 2 is 1.65 bits per heavy atom. The summed E-state index contributed by atoms with van der Waals surface area (Å²) < 4.78 is 26.3. The number of hydrogen-bond acceptors (Lipinski definition) is 9. The maximum Gasteiger partial charge on any atom is 0.337 e. The van der Waals surface area contributed by atoms with E-state index in [4.69, 9.17) is 24.1 Å². The molecule has 3 aromatic carbocycles. The minimum absolute atomic E-state index is 0.213. The lowest BCUT2D eigenvalue weighted by Crippen LogP contribution is -2.39. The number of ether oxygens (including phenoxy) is 4. The number of carbonyl (C=O) groups is 2. The summed E-state index contributed by atoms with van der Waals surface area (Å²) in [5, 5.41) is 9.12. The van der Waals surface area contributed by atoms with Gasteiger partial charge in [0.2, 0.25) is 0 Å². The van der Waals surface area contributed by atoms with Crippen LogP contribution >= 0.6 is 56.5 Å². The van der Waals surface area contributed by atoms with Gasteiger partial charge in [-0.2, -0.15) is 0 Å². The smallest absolute Gasteiger partial charge is 0.337 e. The summed E-state index contributed by atoms with van der Waals surface area (Å²) in [6.45, 7) is 4.88. The number of fused-ring (bicyclic) bond motifs is 1. The summed E-state index contributed by atoms with van der Waals surface area (Å²) in [6.07, 6.45) is 3.25. The van der Waals surface area contributed by atoms with Crippen molar-refractivity contribution in [2.24, 2.45) is 4.99 Å². The molecule has 46 heavy (non-hydrogen) atoms. The fraction of sp³-hybridized carbons (Fsp3) is 0.212. The fourth-order valence-electron chi connectivity index (χ4n) is 4.84. The summed E-state index contributed by atoms with van der Waals surface area (Å²) in [4.78, 5) is 42.9. The van der Waals surface area contributed by atoms with Crippen molar-refractivity contribution in [1.29, 1.82) is 0 Å². The third kappa shape index (κ3) is 7.15. The molecule has 0 bridgehead atoms. The molecular weight excluding hydrogens is 838 g/mol. The molecule has 2 heterocycles. The number of halogens is 2. The Balaban J connectivity index is 1.51. The minimum atomic E-state index is -0.981. The zero-order valence-electron chi connectivity index (χ0n) is 24.9. The Morgan fingerprint density at radius 1 is 0.978 bits per heavy atom. The van der Waals surface area contributed by atoms with Gasteiger partial charge in [-0.25, -0.2) is 14.6 Å². The molecule has 0 saturated carbocycles. The van der Waals surface area contributed by atoms with E-state index in [0.29, 0.717) is 45.4 Å². The summed E-state index contributed by atoms with van der Waals surface area (Å²) in [7, 11) is 1.29. The number of carbonyl (C=O) groups excluding carboxylic acids is 1. The van der Waals surface area contributed by atoms with E-state index in [1.54, 1.807) is 42.5 Å². The lowest BCUT2D eigenvalue weighted by molar-refractivity contribution is -0.136. The molecule has 1 atom stereocenters. The molecule has 1 aliphatic rings. The predicted molar refractivity (Wildman–Crippen MR) is 190 cm³/mol. The highest BCUT2D eigenvalue weighted by Gasteiger charge is 2.31. The van der Waals surface area contributed by atoms with Crippen LogP contribution in [0.15, 0.2) is 76.2 Å². The summed E-state index contributed by atoms with van der Waals surface area (Å²) in [5.74, 6) is 0.189. The van der Waals surface area contributed by atoms with Crippen molar-refractivity contribution in [2.75, 3.05) is 20.3 Å². The molecule has 0 saturated heterocycles. The maximum absolute atomic E-state index is 14.0. The molecule has 0 amide bonds. The van der Waals surface area contributed by atoms with Gasteiger partial charge in [0, 0.05) is 6.20 Å². The number of nitrogens with zero attached hydrogens (tertiary/aromatic N) is 2. The first-order valence-electron chi connectivity index (χ1n) is 14.1. The molecular formula is C33H28I2N2O8S. The van der Waals surface area contributed by atoms with Gasteiger partial charge in [0.25, 0.3) is 5.56 Å². The van der Waals surface area contributed by atoms with Gasteiger partial charge in [-0.15, -0.1) is 0 Å². The van der Waals surface area contributed by atoms with E-state index in [2.05, 4.69) is 50.2 Å². The Kier molecular flexibility index (Phi) is 10.8. The molecule has 1 aromatic heterocycles. The van der Waals surface area contributed by atoms with E-state index in [9.17, 15) is 14.4 Å². The van der Waals surface area contributed by atoms with Crippen molar-refractivity contribution in [3.63, 3.8) is 0 Å². The minimum Gasteiger partial charge on any atom is -0.490 e. The third-order valence-electron chi connectivity index (χ3n) is 6.91. The largest absolute Gasteiger partial charge is 0.490 e. The third-order valence-corrected chi connectivity index (χ3v) is 9.51. The molecule has 1 aliphatic heterocycles. The molecule has 1 N–H and O–H groups in total. The van der Waals surface area contributed by atoms with Crippen molar-refractivity contribution >= 4 is 74.5 Å². The zero-order chi connectivity index (χ0) is 33.0. The number of aromatic carboxylic acids is 1. The van der Waals surface area contributed by atoms with Gasteiger partial charge >= 0.3 is 11.9 Å². The molecule has 0 fully saturated rings. The van der Waals surface area contributed by atoms with Crippen molar-refractivity contribution in [3.05, 3.63) is 115 Å². The number of methoxy groups -OCH3 is 1. The van der Waals surface area contributed by atoms with Gasteiger partial charge in [0.15, 0.2) is 16.3 Å². The molecule has 0 aliphatic carbocycles. The first kappa shape index (κ1) is 33.7. The number of thiazole rings is 1. The molecule has 10 nitrogen and oxygen atoms in total. The highest BCUT2D eigenvalue weighted by atomic mass is 127. The molecule has 13 heteroatoms. The Hall–Kier alpha value is -3.70. The van der Waals surface area contributed by atoms with Crippen LogP contribution in [-0.4, -0.2) is 41.9 Å². The lowest BCUT2D eigenvalue weighted by atomic mass is 9.97. The van der Waals surface area contributed by atoms with Gasteiger partial charge in [-0.05, 0) is 118 Å². The highest BCUT2D eigenvalue weighted by molar-refractivity contribution is 14.1. The molecule has 4 aromatic rings. The summed E-state index contributed by atoms with van der Waals surface area (Å²) in [6, 6.07) is 14.9. The van der Waals surface area contributed by atoms with E-state index in [-0.39, 0.29) is 23.3 Å². The van der Waals surface area contributed by atoms with E-state index < -0.39 is 18.0 Å². The van der Waals surface area contributed by atoms with Gasteiger partial charge in [0.05, 0.1) is 49.2 Å². The fourth-order valence-corrected chi connectivity index (χ4v) is 7.94. The molecule has 5 rings (SSSR count). The standard InChI is InChI=1S/C33H28I2N2O8S/c1-4-43-25-11-10-21(15-26(25)44-5-2)28-22(32(41)42-3)16-36-33-37(28)30(38)27(46-33)14-19-12-23(34)29(24(35)13-19)45-17-18-6-8-20(9-7-18)31(39)40/h6-16,28H,4-5,17H2,1-3H3,(H,39,40)/b27-14-/t28-/m0/s1. The quantitative estimate of drug-likeness (QED) is 0.159. The van der Waals surface area contributed by atoms with Crippen LogP contribution in [0.4, 0.5) is 0 Å². The van der Waals surface area contributed by atoms with Gasteiger partial charge in [-0.1, -0.05) is 29.5 Å². The first-order valence-corrected chi connectivity index (χ1v) is 17.0. The van der Waals surface area contributed by atoms with Crippen LogP contribution in [-0.2, 0) is 16.1 Å². The number of aromatic nitrogens is 1. The van der Waals surface area contributed by atoms with Crippen molar-refractivity contribution in [1.82, 2.24) is 4.57 Å². The van der Waals surface area contributed by atoms with Crippen LogP contribution in [0.25, 0.3) is 6.08 Å². The van der Waals surface area contributed by atoms with Gasteiger partial charge in [0.1, 0.15) is 12.4 Å². The number of carboxylic acid groups (broad SMARTS) is 1. The summed E-state index contributed by atoms with van der Waals surface area (Å²) in [5.41, 5.74) is 2.41. The van der Waals surface area contributed by atoms with Gasteiger partial charge < -0.3 is 24.1 Å². The van der Waals surface area contributed by atoms with Gasteiger partial charge in [-0.3, -0.25) is 9.36 Å². The second-order valence-corrected chi connectivity index (χ2v) is 13.2. The van der Waals surface area contributed by atoms with Crippen molar-refractivity contribution in [2.45, 2.75) is 26.5 Å². The number of rotatable bonds is 11. The van der Waals surface area contributed by atoms with Crippen molar-refractivity contribution in [3.8, 4) is 17.2 Å². The lowest BCUT2D eigenvalue weighted by Gasteiger charge is -2.23. The van der Waals surface area contributed by atoms with Crippen LogP contribution in [0.5, 0.6) is 17.2 Å². The number of carboxylic acids is 1. The highest BCUT2D eigenvalue weighted by Crippen LogP contribution is 2.35.